The molecular weight excluding hydrogens is 263 g/mol. The minimum absolute atomic E-state index is 0.380. The molecule has 20 heavy (non-hydrogen) atoms. The molecule has 1 atom stereocenters. The van der Waals surface area contributed by atoms with Crippen molar-refractivity contribution >= 4 is 0 Å². The highest BCUT2D eigenvalue weighted by atomic mass is 19.4. The quantitative estimate of drug-likeness (QED) is 0.769. The zero-order chi connectivity index (χ0) is 15.2. The van der Waals surface area contributed by atoms with Crippen LogP contribution >= 0.6 is 0 Å². The summed E-state index contributed by atoms with van der Waals surface area (Å²) in [6.45, 7) is 7.11. The molecule has 1 N–H and O–H groups in total. The molecule has 0 amide bonds. The molecule has 0 fully saturated rings. The predicted molar refractivity (Wildman–Crippen MR) is 76.7 cm³/mol. The molecule has 0 bridgehead atoms. The van der Waals surface area contributed by atoms with Crippen LogP contribution in [0.2, 0.25) is 0 Å². The first kappa shape index (κ1) is 17.0. The van der Waals surface area contributed by atoms with Crippen LogP contribution in [0.25, 0.3) is 0 Å². The number of alkyl halides is 3. The maximum atomic E-state index is 12.7. The SMILES string of the molecule is CCCC(CNC(C)C)Cc1cccc(C(F)(F)F)c1. The number of hydrogen-bond acceptors (Lipinski definition) is 1. The molecule has 4 heteroatoms. The second-order valence-corrected chi connectivity index (χ2v) is 5.62. The monoisotopic (exact) mass is 287 g/mol. The van der Waals surface area contributed by atoms with Crippen LogP contribution in [0, 0.1) is 5.92 Å². The molecule has 0 aliphatic heterocycles. The normalized spacial score (nSPS) is 13.8. The van der Waals surface area contributed by atoms with E-state index >= 15 is 0 Å². The van der Waals surface area contributed by atoms with Crippen LogP contribution < -0.4 is 5.32 Å². The van der Waals surface area contributed by atoms with Crippen LogP contribution in [0.4, 0.5) is 13.2 Å². The molecule has 0 aromatic heterocycles. The van der Waals surface area contributed by atoms with Crippen LogP contribution in [0.1, 0.15) is 44.7 Å². The third kappa shape index (κ3) is 5.95. The standard InChI is InChI=1S/C16H24F3N/c1-4-6-14(11-20-12(2)3)9-13-7-5-8-15(10-13)16(17,18)19/h5,7-8,10,12,14,20H,4,6,9,11H2,1-3H3. The summed E-state index contributed by atoms with van der Waals surface area (Å²) >= 11 is 0. The molecule has 1 nitrogen and oxygen atoms in total. The smallest absolute Gasteiger partial charge is 0.314 e. The van der Waals surface area contributed by atoms with Crippen molar-refractivity contribution in [1.82, 2.24) is 5.32 Å². The first-order valence-electron chi connectivity index (χ1n) is 7.22. The van der Waals surface area contributed by atoms with Gasteiger partial charge in [0, 0.05) is 6.04 Å². The van der Waals surface area contributed by atoms with Crippen molar-refractivity contribution in [2.45, 2.75) is 52.3 Å². The van der Waals surface area contributed by atoms with E-state index in [1.54, 1.807) is 6.07 Å². The molecule has 0 radical (unpaired) electrons. The van der Waals surface area contributed by atoms with Gasteiger partial charge in [-0.05, 0) is 36.9 Å². The van der Waals surface area contributed by atoms with Gasteiger partial charge in [0.05, 0.1) is 5.56 Å². The maximum Gasteiger partial charge on any atom is 0.416 e. The van der Waals surface area contributed by atoms with E-state index < -0.39 is 11.7 Å². The summed E-state index contributed by atoms with van der Waals surface area (Å²) < 4.78 is 38.1. The van der Waals surface area contributed by atoms with Crippen molar-refractivity contribution in [3.8, 4) is 0 Å². The lowest BCUT2D eigenvalue weighted by Crippen LogP contribution is -2.30. The van der Waals surface area contributed by atoms with Crippen LogP contribution in [-0.2, 0) is 12.6 Å². The fourth-order valence-corrected chi connectivity index (χ4v) is 2.29. The Bertz CT molecular complexity index is 399. The van der Waals surface area contributed by atoms with E-state index in [-0.39, 0.29) is 0 Å². The predicted octanol–water partition coefficient (Wildman–Crippen LogP) is 4.66. The topological polar surface area (TPSA) is 12.0 Å². The zero-order valence-electron chi connectivity index (χ0n) is 12.4. The molecule has 0 aliphatic carbocycles. The van der Waals surface area contributed by atoms with Gasteiger partial charge in [0.15, 0.2) is 0 Å². The van der Waals surface area contributed by atoms with Gasteiger partial charge in [0.1, 0.15) is 0 Å². The Hall–Kier alpha value is -1.03. The van der Waals surface area contributed by atoms with E-state index in [2.05, 4.69) is 26.1 Å². The number of halogens is 3. The third-order valence-corrected chi connectivity index (χ3v) is 3.29. The van der Waals surface area contributed by atoms with E-state index in [0.717, 1.165) is 31.0 Å². The average molecular weight is 287 g/mol. The molecule has 0 saturated carbocycles. The van der Waals surface area contributed by atoms with Gasteiger partial charge in [0.2, 0.25) is 0 Å². The van der Waals surface area contributed by atoms with E-state index in [0.29, 0.717) is 18.4 Å². The van der Waals surface area contributed by atoms with Gasteiger partial charge in [-0.15, -0.1) is 0 Å². The Morgan fingerprint density at radius 1 is 1.20 bits per heavy atom. The van der Waals surface area contributed by atoms with Crippen molar-refractivity contribution in [1.29, 1.82) is 0 Å². The molecule has 0 aliphatic rings. The minimum Gasteiger partial charge on any atom is -0.314 e. The number of rotatable bonds is 7. The molecule has 1 rings (SSSR count). The fraction of sp³-hybridized carbons (Fsp3) is 0.625. The third-order valence-electron chi connectivity index (χ3n) is 3.29. The summed E-state index contributed by atoms with van der Waals surface area (Å²) in [6.07, 6.45) is -1.50. The molecule has 0 saturated heterocycles. The van der Waals surface area contributed by atoms with Gasteiger partial charge in [-0.25, -0.2) is 0 Å². The van der Waals surface area contributed by atoms with Gasteiger partial charge < -0.3 is 5.32 Å². The Morgan fingerprint density at radius 2 is 1.90 bits per heavy atom. The summed E-state index contributed by atoms with van der Waals surface area (Å²) in [5.41, 5.74) is 0.214. The maximum absolute atomic E-state index is 12.7. The highest BCUT2D eigenvalue weighted by Crippen LogP contribution is 2.30. The second kappa shape index (κ2) is 7.67. The van der Waals surface area contributed by atoms with Crippen LogP contribution in [-0.4, -0.2) is 12.6 Å². The number of hydrogen-bond donors (Lipinski definition) is 1. The molecule has 1 unspecified atom stereocenters. The van der Waals surface area contributed by atoms with Crippen LogP contribution in [0.15, 0.2) is 24.3 Å². The summed E-state index contributed by atoms with van der Waals surface area (Å²) in [5, 5.41) is 3.37. The number of benzene rings is 1. The lowest BCUT2D eigenvalue weighted by molar-refractivity contribution is -0.137. The Morgan fingerprint density at radius 3 is 2.45 bits per heavy atom. The van der Waals surface area contributed by atoms with Crippen LogP contribution in [0.3, 0.4) is 0 Å². The summed E-state index contributed by atoms with van der Waals surface area (Å²) in [6, 6.07) is 6.09. The Labute approximate surface area is 119 Å². The molecule has 0 spiro atoms. The van der Waals surface area contributed by atoms with E-state index in [9.17, 15) is 13.2 Å². The largest absolute Gasteiger partial charge is 0.416 e. The highest BCUT2D eigenvalue weighted by molar-refractivity contribution is 5.26. The van der Waals surface area contributed by atoms with Crippen LogP contribution in [0.5, 0.6) is 0 Å². The molecular formula is C16H24F3N. The van der Waals surface area contributed by atoms with Gasteiger partial charge in [-0.1, -0.05) is 45.4 Å². The van der Waals surface area contributed by atoms with E-state index in [1.165, 1.54) is 12.1 Å². The molecule has 114 valence electrons. The Balaban J connectivity index is 2.72. The first-order chi connectivity index (χ1) is 9.32. The average Bonchev–Trinajstić information content (AvgIpc) is 2.35. The van der Waals surface area contributed by atoms with Gasteiger partial charge in [0.25, 0.3) is 0 Å². The second-order valence-electron chi connectivity index (χ2n) is 5.62. The first-order valence-corrected chi connectivity index (χ1v) is 7.22. The van der Waals surface area contributed by atoms with Gasteiger partial charge in [-0.2, -0.15) is 13.2 Å². The zero-order valence-corrected chi connectivity index (χ0v) is 12.4. The molecule has 0 heterocycles. The Kier molecular flexibility index (Phi) is 6.53. The minimum atomic E-state index is -4.26. The van der Waals surface area contributed by atoms with Crippen molar-refractivity contribution in [2.75, 3.05) is 6.54 Å². The molecule has 1 aromatic rings. The summed E-state index contributed by atoms with van der Waals surface area (Å²) in [5.74, 6) is 0.380. The van der Waals surface area contributed by atoms with Crippen molar-refractivity contribution in [3.05, 3.63) is 35.4 Å². The van der Waals surface area contributed by atoms with Crippen molar-refractivity contribution < 1.29 is 13.2 Å². The van der Waals surface area contributed by atoms with E-state index in [4.69, 9.17) is 0 Å². The molecule has 1 aromatic carbocycles. The van der Waals surface area contributed by atoms with Crippen molar-refractivity contribution in [2.24, 2.45) is 5.92 Å². The van der Waals surface area contributed by atoms with E-state index in [1.807, 2.05) is 0 Å². The highest BCUT2D eigenvalue weighted by Gasteiger charge is 2.30. The summed E-state index contributed by atoms with van der Waals surface area (Å²) in [4.78, 5) is 0. The van der Waals surface area contributed by atoms with Crippen molar-refractivity contribution in [3.63, 3.8) is 0 Å². The van der Waals surface area contributed by atoms with Gasteiger partial charge in [-0.3, -0.25) is 0 Å². The lowest BCUT2D eigenvalue weighted by atomic mass is 9.94. The van der Waals surface area contributed by atoms with Gasteiger partial charge >= 0.3 is 6.18 Å². The summed E-state index contributed by atoms with van der Waals surface area (Å²) in [7, 11) is 0. The lowest BCUT2D eigenvalue weighted by Gasteiger charge is -2.19. The number of nitrogens with one attached hydrogen (secondary N) is 1. The fourth-order valence-electron chi connectivity index (χ4n) is 2.29.